The maximum Gasteiger partial charge on any atom is 0.316 e. The number of hydrogen-bond acceptors (Lipinski definition) is 6. The van der Waals surface area contributed by atoms with Gasteiger partial charge in [-0.1, -0.05) is 28.6 Å². The molecule has 0 saturated heterocycles. The zero-order chi connectivity index (χ0) is 18.8. The topological polar surface area (TPSA) is 98.7 Å². The van der Waals surface area contributed by atoms with E-state index in [0.717, 1.165) is 5.56 Å². The van der Waals surface area contributed by atoms with Gasteiger partial charge in [-0.05, 0) is 42.8 Å². The smallest absolute Gasteiger partial charge is 0.316 e. The van der Waals surface area contributed by atoms with Crippen LogP contribution in [0.4, 0.5) is 10.1 Å². The number of nitrogens with one attached hydrogen (secondary N) is 1. The molecular weight excluding hydrogens is 351 g/mol. The van der Waals surface area contributed by atoms with Crippen molar-refractivity contribution in [1.82, 2.24) is 25.1 Å². The van der Waals surface area contributed by atoms with Crippen LogP contribution in [0.5, 0.6) is 0 Å². The van der Waals surface area contributed by atoms with Gasteiger partial charge in [0.15, 0.2) is 5.69 Å². The van der Waals surface area contributed by atoms with Gasteiger partial charge in [-0.2, -0.15) is 4.98 Å². The Morgan fingerprint density at radius 1 is 1.19 bits per heavy atom. The number of amides is 1. The third-order valence-corrected chi connectivity index (χ3v) is 3.69. The Bertz CT molecular complexity index is 1120. The van der Waals surface area contributed by atoms with Gasteiger partial charge in [0.05, 0.1) is 11.9 Å². The van der Waals surface area contributed by atoms with Crippen molar-refractivity contribution in [3.8, 4) is 17.2 Å². The first kappa shape index (κ1) is 16.6. The molecule has 27 heavy (non-hydrogen) atoms. The quantitative estimate of drug-likeness (QED) is 0.598. The van der Waals surface area contributed by atoms with Gasteiger partial charge in [-0.25, -0.2) is 9.07 Å². The number of benzene rings is 2. The average Bonchev–Trinajstić information content (AvgIpc) is 3.31. The molecule has 0 saturated carbocycles. The summed E-state index contributed by atoms with van der Waals surface area (Å²) in [5.74, 6) is -1.02. The highest BCUT2D eigenvalue weighted by atomic mass is 19.1. The lowest BCUT2D eigenvalue weighted by molar-refractivity contribution is 0.0981. The Labute approximate surface area is 152 Å². The summed E-state index contributed by atoms with van der Waals surface area (Å²) in [5.41, 5.74) is 2.41. The number of carbonyl (C=O) groups is 1. The fourth-order valence-electron chi connectivity index (χ4n) is 2.44. The molecule has 0 spiro atoms. The molecule has 2 aromatic heterocycles. The molecule has 4 aromatic rings. The normalized spacial score (nSPS) is 10.7. The lowest BCUT2D eigenvalue weighted by Crippen LogP contribution is -2.12. The zero-order valence-electron chi connectivity index (χ0n) is 14.1. The minimum atomic E-state index is -0.531. The van der Waals surface area contributed by atoms with E-state index in [2.05, 4.69) is 25.8 Å². The SMILES string of the molecule is Cc1cccc(NC(=O)c2nc(-c3cn(-c4cccc(F)c4)nn3)no2)c1. The van der Waals surface area contributed by atoms with E-state index in [9.17, 15) is 9.18 Å². The molecule has 0 radical (unpaired) electrons. The summed E-state index contributed by atoms with van der Waals surface area (Å²) >= 11 is 0. The molecule has 0 aliphatic heterocycles. The van der Waals surface area contributed by atoms with Gasteiger partial charge < -0.3 is 9.84 Å². The number of rotatable bonds is 4. The van der Waals surface area contributed by atoms with E-state index in [-0.39, 0.29) is 23.2 Å². The first-order chi connectivity index (χ1) is 13.1. The Balaban J connectivity index is 1.53. The molecule has 134 valence electrons. The molecule has 9 heteroatoms. The van der Waals surface area contributed by atoms with Crippen LogP contribution in [-0.2, 0) is 0 Å². The molecular formula is C18H13FN6O2. The molecule has 2 aromatic carbocycles. The van der Waals surface area contributed by atoms with E-state index in [1.54, 1.807) is 18.2 Å². The summed E-state index contributed by atoms with van der Waals surface area (Å²) in [6, 6.07) is 13.2. The Morgan fingerprint density at radius 3 is 2.85 bits per heavy atom. The lowest BCUT2D eigenvalue weighted by atomic mass is 10.2. The van der Waals surface area contributed by atoms with Crippen molar-refractivity contribution in [2.24, 2.45) is 0 Å². The Morgan fingerprint density at radius 2 is 2.04 bits per heavy atom. The monoisotopic (exact) mass is 364 g/mol. The van der Waals surface area contributed by atoms with Crippen LogP contribution in [0.15, 0.2) is 59.3 Å². The van der Waals surface area contributed by atoms with Crippen LogP contribution in [0.2, 0.25) is 0 Å². The predicted molar refractivity (Wildman–Crippen MR) is 93.7 cm³/mol. The summed E-state index contributed by atoms with van der Waals surface area (Å²) in [4.78, 5) is 16.3. The summed E-state index contributed by atoms with van der Waals surface area (Å²) in [6.07, 6.45) is 1.52. The number of nitrogens with zero attached hydrogens (tertiary/aromatic N) is 5. The first-order valence-corrected chi connectivity index (χ1v) is 7.99. The van der Waals surface area contributed by atoms with Gasteiger partial charge in [-0.15, -0.1) is 5.10 Å². The Hall–Kier alpha value is -3.88. The molecule has 1 amide bonds. The fourth-order valence-corrected chi connectivity index (χ4v) is 2.44. The molecule has 0 bridgehead atoms. The highest BCUT2D eigenvalue weighted by Crippen LogP contribution is 2.16. The fraction of sp³-hybridized carbons (Fsp3) is 0.0556. The van der Waals surface area contributed by atoms with Crippen LogP contribution in [0.25, 0.3) is 17.2 Å². The largest absolute Gasteiger partial charge is 0.328 e. The highest BCUT2D eigenvalue weighted by molar-refractivity contribution is 6.01. The van der Waals surface area contributed by atoms with E-state index in [0.29, 0.717) is 11.4 Å². The number of hydrogen-bond donors (Lipinski definition) is 1. The van der Waals surface area contributed by atoms with Crippen LogP contribution < -0.4 is 5.32 Å². The van der Waals surface area contributed by atoms with Gasteiger partial charge >= 0.3 is 11.8 Å². The second kappa shape index (κ2) is 6.79. The van der Waals surface area contributed by atoms with E-state index in [1.807, 2.05) is 25.1 Å². The summed E-state index contributed by atoms with van der Waals surface area (Å²) in [7, 11) is 0. The van der Waals surface area contributed by atoms with Gasteiger partial charge in [0.1, 0.15) is 5.82 Å². The average molecular weight is 364 g/mol. The standard InChI is InChI=1S/C18H13FN6O2/c1-11-4-2-6-13(8-11)20-17(26)18-21-16(23-27-18)15-10-25(24-22-15)14-7-3-5-12(19)9-14/h2-10H,1H3,(H,20,26). The van der Waals surface area contributed by atoms with E-state index in [1.165, 1.54) is 23.0 Å². The maximum atomic E-state index is 13.3. The van der Waals surface area contributed by atoms with Crippen molar-refractivity contribution < 1.29 is 13.7 Å². The van der Waals surface area contributed by atoms with Gasteiger partial charge in [-0.3, -0.25) is 4.79 Å². The van der Waals surface area contributed by atoms with Gasteiger partial charge in [0.2, 0.25) is 5.82 Å². The number of aromatic nitrogens is 5. The molecule has 0 aliphatic rings. The second-order valence-corrected chi connectivity index (χ2v) is 5.77. The predicted octanol–water partition coefficient (Wildman–Crippen LogP) is 3.02. The Kier molecular flexibility index (Phi) is 4.17. The van der Waals surface area contributed by atoms with E-state index in [4.69, 9.17) is 4.52 Å². The van der Waals surface area contributed by atoms with E-state index >= 15 is 0 Å². The maximum absolute atomic E-state index is 13.3. The third kappa shape index (κ3) is 3.56. The number of anilines is 1. The number of aryl methyl sites for hydroxylation is 1. The first-order valence-electron chi connectivity index (χ1n) is 7.99. The van der Waals surface area contributed by atoms with Gasteiger partial charge in [0.25, 0.3) is 0 Å². The van der Waals surface area contributed by atoms with Crippen LogP contribution >= 0.6 is 0 Å². The highest BCUT2D eigenvalue weighted by Gasteiger charge is 2.18. The van der Waals surface area contributed by atoms with Gasteiger partial charge in [0, 0.05) is 5.69 Å². The van der Waals surface area contributed by atoms with Crippen molar-refractivity contribution in [3.63, 3.8) is 0 Å². The number of halogens is 1. The molecule has 0 aliphatic carbocycles. The molecule has 0 atom stereocenters. The second-order valence-electron chi connectivity index (χ2n) is 5.77. The third-order valence-electron chi connectivity index (χ3n) is 3.69. The van der Waals surface area contributed by atoms with Crippen molar-refractivity contribution in [1.29, 1.82) is 0 Å². The molecule has 0 unspecified atom stereocenters. The molecule has 1 N–H and O–H groups in total. The van der Waals surface area contributed by atoms with Crippen molar-refractivity contribution in [3.05, 3.63) is 72.0 Å². The van der Waals surface area contributed by atoms with Crippen LogP contribution in [0.3, 0.4) is 0 Å². The van der Waals surface area contributed by atoms with Crippen molar-refractivity contribution in [2.45, 2.75) is 6.92 Å². The van der Waals surface area contributed by atoms with Crippen LogP contribution in [-0.4, -0.2) is 31.0 Å². The summed E-state index contributed by atoms with van der Waals surface area (Å²) < 4.78 is 19.7. The van der Waals surface area contributed by atoms with E-state index < -0.39 is 5.91 Å². The minimum Gasteiger partial charge on any atom is -0.328 e. The number of carbonyl (C=O) groups excluding carboxylic acids is 1. The molecule has 0 fully saturated rings. The van der Waals surface area contributed by atoms with Crippen LogP contribution in [0, 0.1) is 12.7 Å². The molecule has 2 heterocycles. The minimum absolute atomic E-state index is 0.104. The summed E-state index contributed by atoms with van der Waals surface area (Å²) in [5, 5.41) is 14.3. The van der Waals surface area contributed by atoms with Crippen LogP contribution in [0.1, 0.15) is 16.2 Å². The molecule has 8 nitrogen and oxygen atoms in total. The lowest BCUT2D eigenvalue weighted by Gasteiger charge is -2.02. The van der Waals surface area contributed by atoms with Crippen molar-refractivity contribution in [2.75, 3.05) is 5.32 Å². The molecule has 4 rings (SSSR count). The zero-order valence-corrected chi connectivity index (χ0v) is 14.1. The van der Waals surface area contributed by atoms with Crippen molar-refractivity contribution >= 4 is 11.6 Å². The summed E-state index contributed by atoms with van der Waals surface area (Å²) in [6.45, 7) is 1.92.